The predicted molar refractivity (Wildman–Crippen MR) is 93.4 cm³/mol. The van der Waals surface area contributed by atoms with Crippen LogP contribution in [0, 0.1) is 0 Å². The largest absolute Gasteiger partial charge is 0.393 e. The van der Waals surface area contributed by atoms with Crippen LogP contribution in [-0.4, -0.2) is 51.8 Å². The molecule has 2 heterocycles. The lowest BCUT2D eigenvalue weighted by molar-refractivity contribution is 0.0820. The molecule has 5 nitrogen and oxygen atoms in total. The van der Waals surface area contributed by atoms with Gasteiger partial charge in [-0.1, -0.05) is 12.1 Å². The Morgan fingerprint density at radius 3 is 2.78 bits per heavy atom. The second kappa shape index (κ2) is 7.43. The first-order valence-electron chi connectivity index (χ1n) is 8.70. The normalized spacial score (nSPS) is 18.6. The van der Waals surface area contributed by atoms with Crippen molar-refractivity contribution in [2.75, 3.05) is 26.2 Å². The first-order valence-corrected chi connectivity index (χ1v) is 8.70. The molecular weight excluding hydrogens is 288 g/mol. The highest BCUT2D eigenvalue weighted by atomic mass is 16.3. The summed E-state index contributed by atoms with van der Waals surface area (Å²) in [6, 6.07) is 8.52. The highest BCUT2D eigenvalue weighted by Gasteiger charge is 2.17. The van der Waals surface area contributed by atoms with E-state index in [4.69, 9.17) is 4.98 Å². The third-order valence-electron chi connectivity index (χ3n) is 4.87. The van der Waals surface area contributed by atoms with Crippen molar-refractivity contribution in [1.82, 2.24) is 19.8 Å². The number of fused-ring (bicyclic) bond motifs is 1. The number of benzene rings is 1. The Hall–Kier alpha value is -1.43. The Labute approximate surface area is 138 Å². The molecule has 0 aliphatic carbocycles. The van der Waals surface area contributed by atoms with E-state index >= 15 is 0 Å². The summed E-state index contributed by atoms with van der Waals surface area (Å²) in [6.45, 7) is 6.33. The van der Waals surface area contributed by atoms with Crippen LogP contribution in [0.3, 0.4) is 0 Å². The molecule has 1 aliphatic heterocycles. The van der Waals surface area contributed by atoms with E-state index in [2.05, 4.69) is 47.0 Å². The Morgan fingerprint density at radius 1 is 1.30 bits per heavy atom. The number of aliphatic hydroxyl groups is 1. The molecule has 0 amide bonds. The number of imidazole rings is 1. The van der Waals surface area contributed by atoms with Crippen molar-refractivity contribution in [2.24, 2.45) is 7.05 Å². The summed E-state index contributed by atoms with van der Waals surface area (Å²) in [6.07, 6.45) is 2.89. The fourth-order valence-corrected chi connectivity index (χ4v) is 3.41. The summed E-state index contributed by atoms with van der Waals surface area (Å²) in [5.41, 5.74) is 2.24. The lowest BCUT2D eigenvalue weighted by atomic mass is 10.1. The SMILES string of the molecule is CC(NCCCN1CCC(O)CC1)c1nc2ccccc2n1C. The molecule has 0 saturated carbocycles. The number of aromatic nitrogens is 2. The molecule has 1 unspecified atom stereocenters. The van der Waals surface area contributed by atoms with Crippen molar-refractivity contribution in [1.29, 1.82) is 0 Å². The number of para-hydroxylation sites is 2. The third kappa shape index (κ3) is 3.91. The molecule has 0 radical (unpaired) electrons. The van der Waals surface area contributed by atoms with E-state index in [-0.39, 0.29) is 12.1 Å². The van der Waals surface area contributed by atoms with E-state index in [1.54, 1.807) is 0 Å². The molecule has 1 aromatic heterocycles. The van der Waals surface area contributed by atoms with Gasteiger partial charge in [0.05, 0.1) is 23.2 Å². The maximum absolute atomic E-state index is 9.53. The smallest absolute Gasteiger partial charge is 0.126 e. The first kappa shape index (κ1) is 16.4. The molecule has 1 aliphatic rings. The number of likely N-dealkylation sites (tertiary alicyclic amines) is 1. The van der Waals surface area contributed by atoms with Crippen molar-refractivity contribution >= 4 is 11.0 Å². The average molecular weight is 316 g/mol. The van der Waals surface area contributed by atoms with Gasteiger partial charge in [0.1, 0.15) is 5.82 Å². The van der Waals surface area contributed by atoms with Crippen molar-refractivity contribution < 1.29 is 5.11 Å². The summed E-state index contributed by atoms with van der Waals surface area (Å²) in [5, 5.41) is 13.1. The molecule has 5 heteroatoms. The molecular formula is C18H28N4O. The minimum absolute atomic E-state index is 0.0815. The average Bonchev–Trinajstić information content (AvgIpc) is 2.90. The van der Waals surface area contributed by atoms with Gasteiger partial charge in [0.2, 0.25) is 0 Å². The molecule has 1 fully saturated rings. The van der Waals surface area contributed by atoms with Gasteiger partial charge in [0.25, 0.3) is 0 Å². The van der Waals surface area contributed by atoms with E-state index in [0.717, 1.165) is 56.8 Å². The number of aliphatic hydroxyl groups excluding tert-OH is 1. The van der Waals surface area contributed by atoms with E-state index < -0.39 is 0 Å². The minimum Gasteiger partial charge on any atom is -0.393 e. The predicted octanol–water partition coefficient (Wildman–Crippen LogP) is 2.07. The molecule has 126 valence electrons. The first-order chi connectivity index (χ1) is 11.1. The minimum atomic E-state index is -0.0815. The number of hydrogen-bond donors (Lipinski definition) is 2. The van der Waals surface area contributed by atoms with Crippen molar-refractivity contribution in [3.63, 3.8) is 0 Å². The van der Waals surface area contributed by atoms with Crippen LogP contribution in [0.4, 0.5) is 0 Å². The van der Waals surface area contributed by atoms with E-state index in [9.17, 15) is 5.11 Å². The molecule has 0 bridgehead atoms. The van der Waals surface area contributed by atoms with Crippen molar-refractivity contribution in [3.05, 3.63) is 30.1 Å². The number of aryl methyl sites for hydroxylation is 1. The molecule has 3 rings (SSSR count). The fourth-order valence-electron chi connectivity index (χ4n) is 3.41. The van der Waals surface area contributed by atoms with Gasteiger partial charge in [0, 0.05) is 20.1 Å². The molecule has 0 spiro atoms. The van der Waals surface area contributed by atoms with Crippen LogP contribution in [0.25, 0.3) is 11.0 Å². The summed E-state index contributed by atoms with van der Waals surface area (Å²) in [7, 11) is 2.09. The lowest BCUT2D eigenvalue weighted by Crippen LogP contribution is -2.37. The van der Waals surface area contributed by atoms with E-state index in [0.29, 0.717) is 0 Å². The summed E-state index contributed by atoms with van der Waals surface area (Å²) < 4.78 is 2.18. The second-order valence-electron chi connectivity index (χ2n) is 6.62. The number of nitrogens with zero attached hydrogens (tertiary/aromatic N) is 3. The second-order valence-corrected chi connectivity index (χ2v) is 6.62. The van der Waals surface area contributed by atoms with Gasteiger partial charge in [-0.15, -0.1) is 0 Å². The van der Waals surface area contributed by atoms with Crippen molar-refractivity contribution in [3.8, 4) is 0 Å². The van der Waals surface area contributed by atoms with Crippen molar-refractivity contribution in [2.45, 2.75) is 38.3 Å². The molecule has 2 aromatic rings. The zero-order valence-electron chi connectivity index (χ0n) is 14.2. The van der Waals surface area contributed by atoms with Crippen LogP contribution >= 0.6 is 0 Å². The summed E-state index contributed by atoms with van der Waals surface area (Å²) >= 11 is 0. The van der Waals surface area contributed by atoms with Gasteiger partial charge in [0.15, 0.2) is 0 Å². The van der Waals surface area contributed by atoms with Crippen LogP contribution in [-0.2, 0) is 7.05 Å². The summed E-state index contributed by atoms with van der Waals surface area (Å²) in [4.78, 5) is 7.20. The van der Waals surface area contributed by atoms with Gasteiger partial charge in [-0.3, -0.25) is 0 Å². The Bertz CT molecular complexity index is 631. The quantitative estimate of drug-likeness (QED) is 0.801. The van der Waals surface area contributed by atoms with Crippen LogP contribution in [0.5, 0.6) is 0 Å². The van der Waals surface area contributed by atoms with Crippen LogP contribution in [0.2, 0.25) is 0 Å². The van der Waals surface area contributed by atoms with Gasteiger partial charge in [-0.05, 0) is 51.4 Å². The number of nitrogens with one attached hydrogen (secondary N) is 1. The molecule has 1 atom stereocenters. The number of rotatable bonds is 6. The van der Waals surface area contributed by atoms with E-state index in [1.165, 1.54) is 5.52 Å². The number of piperidine rings is 1. The van der Waals surface area contributed by atoms with Gasteiger partial charge < -0.3 is 19.9 Å². The van der Waals surface area contributed by atoms with Crippen LogP contribution in [0.15, 0.2) is 24.3 Å². The maximum Gasteiger partial charge on any atom is 0.126 e. The van der Waals surface area contributed by atoms with Gasteiger partial charge >= 0.3 is 0 Å². The standard InChI is InChI=1S/C18H28N4O/c1-14(18-20-16-6-3-4-7-17(16)21(18)2)19-10-5-11-22-12-8-15(23)9-13-22/h3-4,6-7,14-15,19,23H,5,8-13H2,1-2H3. The Kier molecular flexibility index (Phi) is 5.30. The molecule has 23 heavy (non-hydrogen) atoms. The number of hydrogen-bond acceptors (Lipinski definition) is 4. The zero-order valence-corrected chi connectivity index (χ0v) is 14.2. The summed E-state index contributed by atoms with van der Waals surface area (Å²) in [5.74, 6) is 1.09. The van der Waals surface area contributed by atoms with E-state index in [1.807, 2.05) is 6.07 Å². The lowest BCUT2D eigenvalue weighted by Gasteiger charge is -2.29. The Balaban J connectivity index is 1.47. The zero-order chi connectivity index (χ0) is 16.2. The maximum atomic E-state index is 9.53. The topological polar surface area (TPSA) is 53.3 Å². The fraction of sp³-hybridized carbons (Fsp3) is 0.611. The molecule has 1 saturated heterocycles. The highest BCUT2D eigenvalue weighted by Crippen LogP contribution is 2.19. The Morgan fingerprint density at radius 2 is 2.04 bits per heavy atom. The molecule has 2 N–H and O–H groups in total. The van der Waals surface area contributed by atoms with Gasteiger partial charge in [-0.2, -0.15) is 0 Å². The third-order valence-corrected chi connectivity index (χ3v) is 4.87. The monoisotopic (exact) mass is 316 g/mol. The van der Waals surface area contributed by atoms with Gasteiger partial charge in [-0.25, -0.2) is 4.98 Å². The molecule has 1 aromatic carbocycles. The highest BCUT2D eigenvalue weighted by molar-refractivity contribution is 5.75. The van der Waals surface area contributed by atoms with Crippen LogP contribution < -0.4 is 5.32 Å². The van der Waals surface area contributed by atoms with Crippen LogP contribution in [0.1, 0.15) is 38.1 Å².